The van der Waals surface area contributed by atoms with Gasteiger partial charge in [-0.15, -0.1) is 5.73 Å². The lowest BCUT2D eigenvalue weighted by molar-refractivity contribution is 0.305. The van der Waals surface area contributed by atoms with Crippen molar-refractivity contribution in [1.82, 2.24) is 10.2 Å². The molecule has 0 aromatic heterocycles. The summed E-state index contributed by atoms with van der Waals surface area (Å²) < 4.78 is 0. The van der Waals surface area contributed by atoms with Crippen LogP contribution in [0.25, 0.3) is 0 Å². The molecular weight excluding hydrogens is 232 g/mol. The Bertz CT molecular complexity index is 307. The van der Waals surface area contributed by atoms with Crippen molar-refractivity contribution in [1.29, 1.82) is 0 Å². The number of nitrogens with zero attached hydrogens (tertiary/aromatic N) is 1. The minimum atomic E-state index is 0.298. The Morgan fingerprint density at radius 2 is 2.05 bits per heavy atom. The van der Waals surface area contributed by atoms with Crippen molar-refractivity contribution in [3.8, 4) is 0 Å². The highest BCUT2D eigenvalue weighted by Crippen LogP contribution is 2.29. The lowest BCUT2D eigenvalue weighted by atomic mass is 9.80. The Morgan fingerprint density at radius 1 is 1.32 bits per heavy atom. The average molecular weight is 264 g/mol. The molecular formula is C17H32N2. The van der Waals surface area contributed by atoms with E-state index >= 15 is 0 Å². The van der Waals surface area contributed by atoms with Gasteiger partial charge in [-0.1, -0.05) is 26.7 Å². The van der Waals surface area contributed by atoms with E-state index < -0.39 is 0 Å². The van der Waals surface area contributed by atoms with Crippen LogP contribution >= 0.6 is 0 Å². The molecule has 19 heavy (non-hydrogen) atoms. The summed E-state index contributed by atoms with van der Waals surface area (Å²) in [6, 6.07) is 0. The molecule has 0 aromatic rings. The molecule has 0 saturated carbocycles. The number of unbranched alkanes of at least 4 members (excludes halogenated alkanes) is 1. The van der Waals surface area contributed by atoms with Crippen LogP contribution in [0.15, 0.2) is 17.4 Å². The molecule has 1 atom stereocenters. The summed E-state index contributed by atoms with van der Waals surface area (Å²) in [5, 5.41) is 3.66. The van der Waals surface area contributed by atoms with Gasteiger partial charge in [-0.2, -0.15) is 0 Å². The molecule has 1 rings (SSSR count). The summed E-state index contributed by atoms with van der Waals surface area (Å²) in [5.74, 6) is 0. The summed E-state index contributed by atoms with van der Waals surface area (Å²) in [4.78, 5) is 2.47. The molecule has 1 aliphatic rings. The van der Waals surface area contributed by atoms with Gasteiger partial charge in [0, 0.05) is 38.1 Å². The van der Waals surface area contributed by atoms with E-state index in [1.165, 1.54) is 50.9 Å². The molecule has 1 saturated heterocycles. The Labute approximate surface area is 120 Å². The predicted molar refractivity (Wildman–Crippen MR) is 84.5 cm³/mol. The molecule has 1 heterocycles. The van der Waals surface area contributed by atoms with Crippen LogP contribution in [-0.2, 0) is 0 Å². The first kappa shape index (κ1) is 16.5. The molecule has 2 nitrogen and oxygen atoms in total. The van der Waals surface area contributed by atoms with E-state index in [-0.39, 0.29) is 0 Å². The molecule has 0 aromatic carbocycles. The van der Waals surface area contributed by atoms with E-state index in [0.29, 0.717) is 5.41 Å². The van der Waals surface area contributed by atoms with E-state index in [1.54, 1.807) is 0 Å². The van der Waals surface area contributed by atoms with Crippen molar-refractivity contribution in [3.05, 3.63) is 17.4 Å². The maximum atomic E-state index is 3.66. The molecule has 0 radical (unpaired) electrons. The SMILES string of the molecule is CCCC[C@@](C=C=C(C)C)(CC)CNCCN1CC1. The zero-order chi connectivity index (χ0) is 14.1. The van der Waals surface area contributed by atoms with Crippen LogP contribution in [0.5, 0.6) is 0 Å². The van der Waals surface area contributed by atoms with Crippen LogP contribution in [0.2, 0.25) is 0 Å². The smallest absolute Gasteiger partial charge is 0.0110 e. The minimum Gasteiger partial charge on any atom is -0.315 e. The summed E-state index contributed by atoms with van der Waals surface area (Å²) in [6.45, 7) is 14.9. The van der Waals surface area contributed by atoms with Crippen LogP contribution in [0, 0.1) is 5.41 Å². The minimum absolute atomic E-state index is 0.298. The highest BCUT2D eigenvalue weighted by Gasteiger charge is 2.24. The monoisotopic (exact) mass is 264 g/mol. The van der Waals surface area contributed by atoms with Crippen LogP contribution in [-0.4, -0.2) is 37.6 Å². The van der Waals surface area contributed by atoms with Crippen molar-refractivity contribution in [3.63, 3.8) is 0 Å². The quantitative estimate of drug-likeness (QED) is 0.368. The number of hydrogen-bond donors (Lipinski definition) is 1. The summed E-state index contributed by atoms with van der Waals surface area (Å²) in [6.07, 6.45) is 7.39. The Balaban J connectivity index is 2.51. The maximum absolute atomic E-state index is 3.66. The van der Waals surface area contributed by atoms with E-state index in [9.17, 15) is 0 Å². The van der Waals surface area contributed by atoms with Crippen LogP contribution in [0.4, 0.5) is 0 Å². The van der Waals surface area contributed by atoms with Gasteiger partial charge in [0.15, 0.2) is 0 Å². The number of hydrogen-bond acceptors (Lipinski definition) is 2. The average Bonchev–Trinajstić information content (AvgIpc) is 3.21. The van der Waals surface area contributed by atoms with Crippen molar-refractivity contribution in [2.75, 3.05) is 32.7 Å². The molecule has 0 spiro atoms. The first-order valence-electron chi connectivity index (χ1n) is 7.96. The first-order valence-corrected chi connectivity index (χ1v) is 7.96. The fourth-order valence-electron chi connectivity index (χ4n) is 2.31. The highest BCUT2D eigenvalue weighted by molar-refractivity contribution is 5.04. The van der Waals surface area contributed by atoms with E-state index in [2.05, 4.69) is 49.7 Å². The standard InChI is InChI=1S/C17H32N2/c1-5-7-9-17(6-2,10-8-16(3)4)15-18-11-12-19-13-14-19/h10,18H,5-7,9,11-15H2,1-4H3/t17-/m1/s1. The second kappa shape index (κ2) is 8.58. The second-order valence-electron chi connectivity index (χ2n) is 6.13. The Morgan fingerprint density at radius 3 is 2.58 bits per heavy atom. The highest BCUT2D eigenvalue weighted by atomic mass is 15.3. The molecule has 1 fully saturated rings. The fourth-order valence-corrected chi connectivity index (χ4v) is 2.31. The Hall–Kier alpha value is -0.560. The van der Waals surface area contributed by atoms with Gasteiger partial charge in [0.25, 0.3) is 0 Å². The molecule has 0 amide bonds. The summed E-state index contributed by atoms with van der Waals surface area (Å²) in [7, 11) is 0. The third-order valence-electron chi connectivity index (χ3n) is 4.02. The molecule has 0 aliphatic carbocycles. The number of nitrogens with one attached hydrogen (secondary N) is 1. The molecule has 2 heteroatoms. The third-order valence-corrected chi connectivity index (χ3v) is 4.02. The molecule has 0 unspecified atom stereocenters. The lowest BCUT2D eigenvalue weighted by Crippen LogP contribution is -2.34. The van der Waals surface area contributed by atoms with Crippen LogP contribution in [0.3, 0.4) is 0 Å². The van der Waals surface area contributed by atoms with Gasteiger partial charge in [0.2, 0.25) is 0 Å². The van der Waals surface area contributed by atoms with E-state index in [4.69, 9.17) is 0 Å². The topological polar surface area (TPSA) is 15.0 Å². The van der Waals surface area contributed by atoms with Gasteiger partial charge in [0.05, 0.1) is 0 Å². The van der Waals surface area contributed by atoms with Gasteiger partial charge in [-0.3, -0.25) is 4.90 Å². The molecule has 1 aliphatic heterocycles. The van der Waals surface area contributed by atoms with Crippen LogP contribution in [0.1, 0.15) is 53.4 Å². The van der Waals surface area contributed by atoms with Gasteiger partial charge in [0.1, 0.15) is 0 Å². The molecule has 1 N–H and O–H groups in total. The van der Waals surface area contributed by atoms with Crippen molar-refractivity contribution >= 4 is 0 Å². The Kier molecular flexibility index (Phi) is 7.45. The van der Waals surface area contributed by atoms with Crippen molar-refractivity contribution in [2.45, 2.75) is 53.4 Å². The van der Waals surface area contributed by atoms with Crippen molar-refractivity contribution in [2.24, 2.45) is 5.41 Å². The van der Waals surface area contributed by atoms with Crippen LogP contribution < -0.4 is 5.32 Å². The fraction of sp³-hybridized carbons (Fsp3) is 0.824. The van der Waals surface area contributed by atoms with Gasteiger partial charge >= 0.3 is 0 Å². The normalized spacial score (nSPS) is 17.7. The maximum Gasteiger partial charge on any atom is 0.0110 e. The second-order valence-corrected chi connectivity index (χ2v) is 6.13. The molecule has 110 valence electrons. The largest absolute Gasteiger partial charge is 0.315 e. The van der Waals surface area contributed by atoms with Gasteiger partial charge < -0.3 is 5.32 Å². The zero-order valence-corrected chi connectivity index (χ0v) is 13.4. The summed E-state index contributed by atoms with van der Waals surface area (Å²) in [5.41, 5.74) is 5.02. The zero-order valence-electron chi connectivity index (χ0n) is 13.4. The predicted octanol–water partition coefficient (Wildman–Crippen LogP) is 3.60. The van der Waals surface area contributed by atoms with Crippen molar-refractivity contribution < 1.29 is 0 Å². The number of rotatable bonds is 10. The van der Waals surface area contributed by atoms with Gasteiger partial charge in [-0.25, -0.2) is 0 Å². The first-order chi connectivity index (χ1) is 9.12. The van der Waals surface area contributed by atoms with Gasteiger partial charge in [-0.05, 0) is 38.3 Å². The summed E-state index contributed by atoms with van der Waals surface area (Å²) >= 11 is 0. The lowest BCUT2D eigenvalue weighted by Gasteiger charge is -2.29. The van der Waals surface area contributed by atoms with E-state index in [1.807, 2.05) is 0 Å². The van der Waals surface area contributed by atoms with E-state index in [0.717, 1.165) is 13.1 Å². The molecule has 0 bridgehead atoms. The third kappa shape index (κ3) is 6.96.